The topological polar surface area (TPSA) is 58.2 Å². The number of rotatable bonds is 23. The van der Waals surface area contributed by atoms with Crippen molar-refractivity contribution in [3.8, 4) is 0 Å². The molecule has 1 aliphatic rings. The largest absolute Gasteiger partial charge is 0.349 e. The van der Waals surface area contributed by atoms with Crippen LogP contribution in [0.3, 0.4) is 0 Å². The van der Waals surface area contributed by atoms with Gasteiger partial charge < -0.3 is 10.6 Å². The van der Waals surface area contributed by atoms with Crippen molar-refractivity contribution < 1.29 is 9.59 Å². The lowest BCUT2D eigenvalue weighted by molar-refractivity contribution is -0.116. The minimum Gasteiger partial charge on any atom is -0.349 e. The average Bonchev–Trinajstić information content (AvgIpc) is 2.95. The van der Waals surface area contributed by atoms with Crippen LogP contribution in [0.1, 0.15) is 178 Å². The second-order valence-electron chi connectivity index (χ2n) is 12.2. The number of anilines is 1. The van der Waals surface area contributed by atoms with Crippen molar-refractivity contribution in [3.63, 3.8) is 0 Å². The van der Waals surface area contributed by atoms with Crippen LogP contribution in [0.2, 0.25) is 5.02 Å². The third kappa shape index (κ3) is 16.7. The fourth-order valence-corrected chi connectivity index (χ4v) is 6.08. The van der Waals surface area contributed by atoms with Crippen LogP contribution in [0.15, 0.2) is 18.2 Å². The van der Waals surface area contributed by atoms with E-state index in [-0.39, 0.29) is 17.9 Å². The molecule has 0 radical (unpaired) electrons. The highest BCUT2D eigenvalue weighted by Crippen LogP contribution is 2.23. The molecule has 228 valence electrons. The second-order valence-corrected chi connectivity index (χ2v) is 12.6. The van der Waals surface area contributed by atoms with Crippen molar-refractivity contribution in [2.45, 2.75) is 173 Å². The van der Waals surface area contributed by atoms with Crippen LogP contribution in [0.25, 0.3) is 0 Å². The van der Waals surface area contributed by atoms with E-state index in [1.54, 1.807) is 18.2 Å². The summed E-state index contributed by atoms with van der Waals surface area (Å²) in [4.78, 5) is 25.2. The van der Waals surface area contributed by atoms with Gasteiger partial charge in [-0.15, -0.1) is 0 Å². The molecule has 0 atom stereocenters. The molecule has 0 bridgehead atoms. The summed E-state index contributed by atoms with van der Waals surface area (Å²) in [5, 5.41) is 6.48. The minimum absolute atomic E-state index is 0.00735. The third-order valence-electron chi connectivity index (χ3n) is 8.44. The maximum Gasteiger partial charge on any atom is 0.253 e. The maximum atomic E-state index is 12.7. The molecule has 0 aliphatic heterocycles. The van der Waals surface area contributed by atoms with Crippen LogP contribution in [0.5, 0.6) is 0 Å². The standard InChI is InChI=1S/C35H59ClN2O2/c1-2-3-4-5-6-7-8-9-10-11-12-13-14-15-16-17-18-19-23-26-34(39)37-31-27-28-33(36)32(29-31)35(40)38-30-24-21-20-22-25-30/h27-30H,2-26H2,1H3,(H,37,39)(H,38,40). The third-order valence-corrected chi connectivity index (χ3v) is 8.77. The molecule has 4 nitrogen and oxygen atoms in total. The molecule has 0 aromatic heterocycles. The highest BCUT2D eigenvalue weighted by atomic mass is 35.5. The van der Waals surface area contributed by atoms with E-state index in [1.165, 1.54) is 116 Å². The number of hydrogen-bond acceptors (Lipinski definition) is 2. The van der Waals surface area contributed by atoms with Crippen molar-refractivity contribution in [3.05, 3.63) is 28.8 Å². The lowest BCUT2D eigenvalue weighted by Crippen LogP contribution is -2.36. The summed E-state index contributed by atoms with van der Waals surface area (Å²) >= 11 is 6.29. The van der Waals surface area contributed by atoms with Gasteiger partial charge in [0.15, 0.2) is 0 Å². The van der Waals surface area contributed by atoms with Gasteiger partial charge in [0.2, 0.25) is 5.91 Å². The molecule has 0 unspecified atom stereocenters. The van der Waals surface area contributed by atoms with E-state index in [9.17, 15) is 9.59 Å². The smallest absolute Gasteiger partial charge is 0.253 e. The van der Waals surface area contributed by atoms with Crippen molar-refractivity contribution in [1.82, 2.24) is 5.32 Å². The molecule has 1 aliphatic carbocycles. The van der Waals surface area contributed by atoms with Crippen molar-refractivity contribution >= 4 is 29.1 Å². The summed E-state index contributed by atoms with van der Waals surface area (Å²) < 4.78 is 0. The first-order valence-corrected chi connectivity index (χ1v) is 17.4. The van der Waals surface area contributed by atoms with E-state index in [0.717, 1.165) is 38.5 Å². The first-order valence-electron chi connectivity index (χ1n) is 17.0. The van der Waals surface area contributed by atoms with Crippen LogP contribution in [-0.4, -0.2) is 17.9 Å². The van der Waals surface area contributed by atoms with Gasteiger partial charge in [-0.2, -0.15) is 0 Å². The summed E-state index contributed by atoms with van der Waals surface area (Å²) in [6.07, 6.45) is 31.7. The van der Waals surface area contributed by atoms with Gasteiger partial charge in [-0.05, 0) is 37.5 Å². The molecule has 2 rings (SSSR count). The Morgan fingerprint density at radius 1 is 0.700 bits per heavy atom. The highest BCUT2D eigenvalue weighted by Gasteiger charge is 2.19. The number of benzene rings is 1. The van der Waals surface area contributed by atoms with Crippen LogP contribution in [0.4, 0.5) is 5.69 Å². The molecule has 2 N–H and O–H groups in total. The first kappa shape index (κ1) is 34.7. The van der Waals surface area contributed by atoms with Crippen LogP contribution >= 0.6 is 11.6 Å². The zero-order valence-electron chi connectivity index (χ0n) is 25.7. The average molecular weight is 575 g/mol. The number of nitrogens with one attached hydrogen (secondary N) is 2. The number of halogens is 1. The molecular formula is C35H59ClN2O2. The number of amides is 2. The summed E-state index contributed by atoms with van der Waals surface area (Å²) in [5.41, 5.74) is 1.08. The maximum absolute atomic E-state index is 12.7. The Hall–Kier alpha value is -1.55. The molecule has 0 saturated heterocycles. The molecule has 1 aromatic rings. The summed E-state index contributed by atoms with van der Waals surface area (Å²) in [6.45, 7) is 2.29. The normalized spacial score (nSPS) is 13.8. The quantitative estimate of drug-likeness (QED) is 0.128. The molecule has 2 amide bonds. The lowest BCUT2D eigenvalue weighted by atomic mass is 9.95. The van der Waals surface area contributed by atoms with Crippen LogP contribution in [-0.2, 0) is 4.79 Å². The molecule has 0 spiro atoms. The molecule has 0 heterocycles. The van der Waals surface area contributed by atoms with Gasteiger partial charge in [0.1, 0.15) is 0 Å². The van der Waals surface area contributed by atoms with Gasteiger partial charge in [-0.1, -0.05) is 153 Å². The van der Waals surface area contributed by atoms with Crippen molar-refractivity contribution in [1.29, 1.82) is 0 Å². The molecular weight excluding hydrogens is 516 g/mol. The van der Waals surface area contributed by atoms with Gasteiger partial charge in [0.25, 0.3) is 5.91 Å². The van der Waals surface area contributed by atoms with Gasteiger partial charge in [0.05, 0.1) is 10.6 Å². The van der Waals surface area contributed by atoms with E-state index >= 15 is 0 Å². The molecule has 1 fully saturated rings. The highest BCUT2D eigenvalue weighted by molar-refractivity contribution is 6.34. The number of unbranched alkanes of at least 4 members (excludes halogenated alkanes) is 18. The predicted octanol–water partition coefficient (Wildman–Crippen LogP) is 11.2. The molecule has 5 heteroatoms. The summed E-state index contributed by atoms with van der Waals surface area (Å²) in [7, 11) is 0. The van der Waals surface area contributed by atoms with Gasteiger partial charge in [-0.25, -0.2) is 0 Å². The Balaban J connectivity index is 1.42. The fraction of sp³-hybridized carbons (Fsp3) is 0.771. The second kappa shape index (κ2) is 23.1. The van der Waals surface area contributed by atoms with E-state index in [0.29, 0.717) is 22.7 Å². The Morgan fingerprint density at radius 3 is 1.68 bits per heavy atom. The zero-order chi connectivity index (χ0) is 28.7. The van der Waals surface area contributed by atoms with Gasteiger partial charge >= 0.3 is 0 Å². The fourth-order valence-electron chi connectivity index (χ4n) is 5.87. The minimum atomic E-state index is -0.146. The van der Waals surface area contributed by atoms with Crippen LogP contribution in [0, 0.1) is 0 Å². The monoisotopic (exact) mass is 574 g/mol. The first-order chi connectivity index (χ1) is 19.6. The van der Waals surface area contributed by atoms with E-state index < -0.39 is 0 Å². The molecule has 1 saturated carbocycles. The lowest BCUT2D eigenvalue weighted by Gasteiger charge is -2.23. The van der Waals surface area contributed by atoms with Gasteiger partial charge in [0, 0.05) is 18.2 Å². The van der Waals surface area contributed by atoms with Crippen molar-refractivity contribution in [2.75, 3.05) is 5.32 Å². The Labute approximate surface area is 251 Å². The predicted molar refractivity (Wildman–Crippen MR) is 172 cm³/mol. The molecule has 40 heavy (non-hydrogen) atoms. The Bertz CT molecular complexity index is 807. The number of hydrogen-bond donors (Lipinski definition) is 2. The zero-order valence-corrected chi connectivity index (χ0v) is 26.4. The summed E-state index contributed by atoms with van der Waals surface area (Å²) in [5.74, 6) is -0.139. The Kier molecular flexibility index (Phi) is 20.0. The van der Waals surface area contributed by atoms with Crippen molar-refractivity contribution in [2.24, 2.45) is 0 Å². The van der Waals surface area contributed by atoms with E-state index in [4.69, 9.17) is 11.6 Å². The Morgan fingerprint density at radius 2 is 1.18 bits per heavy atom. The number of carbonyl (C=O) groups excluding carboxylic acids is 2. The SMILES string of the molecule is CCCCCCCCCCCCCCCCCCCCCC(=O)Nc1ccc(Cl)c(C(=O)NC2CCCCC2)c1. The summed E-state index contributed by atoms with van der Waals surface area (Å²) in [6, 6.07) is 5.40. The molecule has 1 aromatic carbocycles. The van der Waals surface area contributed by atoms with Crippen LogP contribution < -0.4 is 10.6 Å². The van der Waals surface area contributed by atoms with E-state index in [2.05, 4.69) is 17.6 Å². The number of carbonyl (C=O) groups is 2. The van der Waals surface area contributed by atoms with E-state index in [1.807, 2.05) is 0 Å². The van der Waals surface area contributed by atoms with Gasteiger partial charge in [-0.3, -0.25) is 9.59 Å².